The van der Waals surface area contributed by atoms with Crippen molar-refractivity contribution in [2.75, 3.05) is 6.54 Å². The molecule has 4 nitrogen and oxygen atoms in total. The third-order valence-corrected chi connectivity index (χ3v) is 5.49. The Bertz CT molecular complexity index is 731. The lowest BCUT2D eigenvalue weighted by molar-refractivity contribution is -0.953. The van der Waals surface area contributed by atoms with Crippen LogP contribution in [0.15, 0.2) is 24.5 Å². The molecule has 1 aliphatic rings. The Morgan fingerprint density at radius 3 is 2.91 bits per heavy atom. The zero-order chi connectivity index (χ0) is 16.4. The Morgan fingerprint density at radius 2 is 2.13 bits per heavy atom. The highest BCUT2D eigenvalue weighted by atomic mass is 32.1. The average molecular weight is 332 g/mol. The zero-order valence-corrected chi connectivity index (χ0v) is 15.2. The number of quaternary nitrogens is 1. The predicted molar refractivity (Wildman–Crippen MR) is 95.6 cm³/mol. The molecule has 1 saturated heterocycles. The summed E-state index contributed by atoms with van der Waals surface area (Å²) in [6.45, 7) is 8.65. The zero-order valence-electron chi connectivity index (χ0n) is 14.4. The van der Waals surface area contributed by atoms with Crippen molar-refractivity contribution >= 4 is 12.2 Å². The van der Waals surface area contributed by atoms with Crippen LogP contribution in [0.2, 0.25) is 0 Å². The summed E-state index contributed by atoms with van der Waals surface area (Å²) < 4.78 is 4.84. The van der Waals surface area contributed by atoms with Gasteiger partial charge in [0.25, 0.3) is 0 Å². The van der Waals surface area contributed by atoms with Crippen molar-refractivity contribution < 1.29 is 4.90 Å². The highest BCUT2D eigenvalue weighted by Gasteiger charge is 2.25. The highest BCUT2D eigenvalue weighted by Crippen LogP contribution is 2.16. The van der Waals surface area contributed by atoms with Gasteiger partial charge in [0.1, 0.15) is 6.33 Å². The van der Waals surface area contributed by atoms with E-state index in [-0.39, 0.29) is 0 Å². The maximum absolute atomic E-state index is 5.70. The first-order chi connectivity index (χ1) is 11.1. The van der Waals surface area contributed by atoms with Gasteiger partial charge in [-0.2, -0.15) is 9.78 Å². The first kappa shape index (κ1) is 16.4. The lowest BCUT2D eigenvalue weighted by Crippen LogP contribution is -3.15. The maximum atomic E-state index is 5.70. The Hall–Kier alpha value is -1.46. The van der Waals surface area contributed by atoms with Gasteiger partial charge in [-0.05, 0) is 68.9 Å². The molecule has 1 aliphatic heterocycles. The van der Waals surface area contributed by atoms with Gasteiger partial charge in [-0.15, -0.1) is 0 Å². The smallest absolute Gasteiger partial charge is 0.207 e. The molecule has 0 saturated carbocycles. The number of piperidine rings is 1. The van der Waals surface area contributed by atoms with Gasteiger partial charge >= 0.3 is 0 Å². The monoisotopic (exact) mass is 331 g/mol. The van der Waals surface area contributed by atoms with E-state index in [9.17, 15) is 0 Å². The van der Waals surface area contributed by atoms with Gasteiger partial charge in [-0.25, -0.2) is 0 Å². The van der Waals surface area contributed by atoms with Crippen LogP contribution in [-0.4, -0.2) is 26.9 Å². The summed E-state index contributed by atoms with van der Waals surface area (Å²) >= 11 is 5.70. The molecule has 0 radical (unpaired) electrons. The number of benzene rings is 1. The van der Waals surface area contributed by atoms with Crippen LogP contribution in [0.4, 0.5) is 0 Å². The number of aryl methyl sites for hydroxylation is 2. The minimum absolute atomic E-state index is 0.747. The van der Waals surface area contributed by atoms with Crippen molar-refractivity contribution in [3.05, 3.63) is 40.4 Å². The number of hydrogen-bond acceptors (Lipinski definition) is 2. The predicted octanol–water partition coefficient (Wildman–Crippen LogP) is 2.83. The van der Waals surface area contributed by atoms with Crippen LogP contribution in [0.25, 0.3) is 5.69 Å². The van der Waals surface area contributed by atoms with Crippen LogP contribution in [0.5, 0.6) is 0 Å². The molecule has 23 heavy (non-hydrogen) atoms. The molecule has 0 bridgehead atoms. The quantitative estimate of drug-likeness (QED) is 0.872. The fourth-order valence-corrected chi connectivity index (χ4v) is 3.89. The van der Waals surface area contributed by atoms with Crippen molar-refractivity contribution in [2.45, 2.75) is 59.2 Å². The summed E-state index contributed by atoms with van der Waals surface area (Å²) in [6.07, 6.45) is 7.12. The van der Waals surface area contributed by atoms with E-state index < -0.39 is 0 Å². The third kappa shape index (κ3) is 3.40. The molecule has 124 valence electrons. The van der Waals surface area contributed by atoms with Gasteiger partial charge in [0.2, 0.25) is 4.77 Å². The largest absolute Gasteiger partial charge is 0.314 e. The van der Waals surface area contributed by atoms with E-state index in [1.54, 1.807) is 4.90 Å². The molecule has 3 rings (SSSR count). The van der Waals surface area contributed by atoms with Crippen LogP contribution in [0.1, 0.15) is 43.7 Å². The van der Waals surface area contributed by atoms with Crippen molar-refractivity contribution in [3.63, 3.8) is 0 Å². The van der Waals surface area contributed by atoms with E-state index in [0.29, 0.717) is 0 Å². The molecule has 0 spiro atoms. The van der Waals surface area contributed by atoms with E-state index in [2.05, 4.69) is 44.1 Å². The summed E-state index contributed by atoms with van der Waals surface area (Å²) in [5.74, 6) is 0. The molecule has 1 N–H and O–H groups in total. The van der Waals surface area contributed by atoms with Crippen molar-refractivity contribution in [1.82, 2.24) is 14.3 Å². The Labute approximate surface area is 143 Å². The highest BCUT2D eigenvalue weighted by molar-refractivity contribution is 7.71. The molecule has 1 aromatic heterocycles. The van der Waals surface area contributed by atoms with Crippen LogP contribution < -0.4 is 4.90 Å². The Kier molecular flexibility index (Phi) is 4.97. The second-order valence-electron chi connectivity index (χ2n) is 6.74. The van der Waals surface area contributed by atoms with E-state index in [1.807, 2.05) is 15.6 Å². The van der Waals surface area contributed by atoms with Crippen LogP contribution in [-0.2, 0) is 6.67 Å². The van der Waals surface area contributed by atoms with Gasteiger partial charge in [-0.1, -0.05) is 19.1 Å². The minimum atomic E-state index is 0.747. The summed E-state index contributed by atoms with van der Waals surface area (Å²) in [5.41, 5.74) is 3.61. The number of rotatable bonds is 4. The van der Waals surface area contributed by atoms with Crippen molar-refractivity contribution in [1.29, 1.82) is 0 Å². The molecule has 0 amide bonds. The number of aromatic nitrogens is 3. The molecule has 0 aliphatic carbocycles. The normalized spacial score (nSPS) is 21.5. The molecular weight excluding hydrogens is 304 g/mol. The average Bonchev–Trinajstić information content (AvgIpc) is 2.91. The molecular formula is C18H27N4S+. The SMILES string of the molecule is CC[C@@H]1CCCC[NH+]1Cn1ncn(-c2cc(C)ccc2C)c1=S. The Balaban J connectivity index is 1.87. The summed E-state index contributed by atoms with van der Waals surface area (Å²) in [4.78, 5) is 1.63. The minimum Gasteiger partial charge on any atom is -0.314 e. The van der Waals surface area contributed by atoms with Crippen molar-refractivity contribution in [2.24, 2.45) is 0 Å². The fourth-order valence-electron chi connectivity index (χ4n) is 3.63. The van der Waals surface area contributed by atoms with Gasteiger partial charge in [0, 0.05) is 0 Å². The van der Waals surface area contributed by atoms with E-state index in [4.69, 9.17) is 12.2 Å². The van der Waals surface area contributed by atoms with Crippen molar-refractivity contribution in [3.8, 4) is 5.69 Å². The Morgan fingerprint density at radius 1 is 1.30 bits per heavy atom. The van der Waals surface area contributed by atoms with E-state index in [0.717, 1.165) is 23.2 Å². The molecule has 2 aromatic rings. The molecule has 2 heterocycles. The lowest BCUT2D eigenvalue weighted by Gasteiger charge is -2.31. The molecule has 1 unspecified atom stereocenters. The van der Waals surface area contributed by atoms with Crippen LogP contribution >= 0.6 is 12.2 Å². The van der Waals surface area contributed by atoms with Gasteiger partial charge in [0.05, 0.1) is 18.3 Å². The number of likely N-dealkylation sites (tertiary alicyclic amines) is 1. The molecule has 1 aromatic carbocycles. The summed E-state index contributed by atoms with van der Waals surface area (Å²) in [6, 6.07) is 7.21. The second-order valence-corrected chi connectivity index (χ2v) is 7.11. The maximum Gasteiger partial charge on any atom is 0.207 e. The molecule has 2 atom stereocenters. The van der Waals surface area contributed by atoms with Gasteiger partial charge < -0.3 is 4.90 Å². The third-order valence-electron chi connectivity index (χ3n) is 5.08. The van der Waals surface area contributed by atoms with Crippen LogP contribution in [0.3, 0.4) is 0 Å². The fraction of sp³-hybridized carbons (Fsp3) is 0.556. The second kappa shape index (κ2) is 6.97. The standard InChI is InChI=1S/C18H26N4S/c1-4-16-7-5-6-10-20(16)13-22-18(23)21(12-19-22)17-11-14(2)8-9-15(17)3/h8-9,11-12,16H,4-7,10,13H2,1-3H3/p+1/t16-/m1/s1. The number of hydrogen-bond donors (Lipinski definition) is 1. The molecule has 5 heteroatoms. The number of nitrogens with one attached hydrogen (secondary N) is 1. The first-order valence-electron chi connectivity index (χ1n) is 8.66. The van der Waals surface area contributed by atoms with E-state index >= 15 is 0 Å². The summed E-state index contributed by atoms with van der Waals surface area (Å²) in [5, 5.41) is 4.58. The molecule has 1 fully saturated rings. The van der Waals surface area contributed by atoms with Gasteiger partial charge in [0.15, 0.2) is 6.67 Å². The topological polar surface area (TPSA) is 27.2 Å². The van der Waals surface area contributed by atoms with E-state index in [1.165, 1.54) is 43.4 Å². The first-order valence-corrected chi connectivity index (χ1v) is 9.07. The lowest BCUT2D eigenvalue weighted by atomic mass is 10.0. The summed E-state index contributed by atoms with van der Waals surface area (Å²) in [7, 11) is 0. The van der Waals surface area contributed by atoms with Gasteiger partial charge in [-0.3, -0.25) is 4.57 Å². The van der Waals surface area contributed by atoms with Crippen LogP contribution in [0, 0.1) is 18.6 Å². The number of nitrogens with zero attached hydrogens (tertiary/aromatic N) is 3.